The third-order valence-corrected chi connectivity index (χ3v) is 12.3. The van der Waals surface area contributed by atoms with Crippen LogP contribution in [0.3, 0.4) is 0 Å². The molecule has 6 heteroatoms. The maximum Gasteiger partial charge on any atom is 0.306 e. The van der Waals surface area contributed by atoms with E-state index in [-0.39, 0.29) is 31.1 Å². The lowest BCUT2D eigenvalue weighted by molar-refractivity contribution is -0.167. The predicted octanol–water partition coefficient (Wildman–Crippen LogP) is 19.9. The molecule has 404 valence electrons. The van der Waals surface area contributed by atoms with Gasteiger partial charge in [0.2, 0.25) is 0 Å². The van der Waals surface area contributed by atoms with Crippen molar-refractivity contribution >= 4 is 17.9 Å². The molecule has 71 heavy (non-hydrogen) atoms. The van der Waals surface area contributed by atoms with Gasteiger partial charge in [0, 0.05) is 19.3 Å². The maximum absolute atomic E-state index is 12.8. The molecule has 0 aromatic carbocycles. The van der Waals surface area contributed by atoms with Gasteiger partial charge in [-0.3, -0.25) is 14.4 Å². The summed E-state index contributed by atoms with van der Waals surface area (Å²) in [7, 11) is 0. The Morgan fingerprint density at radius 3 is 0.873 bits per heavy atom. The number of hydrogen-bond acceptors (Lipinski definition) is 6. The number of carbonyl (C=O) groups is 3. The quantitative estimate of drug-likeness (QED) is 0.0261. The van der Waals surface area contributed by atoms with Crippen LogP contribution in [-0.4, -0.2) is 37.2 Å². The average Bonchev–Trinajstić information content (AvgIpc) is 3.37. The molecule has 0 aromatic rings. The van der Waals surface area contributed by atoms with Crippen molar-refractivity contribution in [2.75, 3.05) is 13.2 Å². The summed E-state index contributed by atoms with van der Waals surface area (Å²) in [5.41, 5.74) is 0. The van der Waals surface area contributed by atoms with E-state index in [2.05, 4.69) is 130 Å². The Kier molecular flexibility index (Phi) is 55.4. The molecule has 0 fully saturated rings. The normalized spacial score (nSPS) is 12.9. The molecule has 0 saturated heterocycles. The van der Waals surface area contributed by atoms with E-state index in [1.165, 1.54) is 89.9 Å². The number of unbranched alkanes of at least 4 members (excludes halogenated alkanes) is 23. The summed E-state index contributed by atoms with van der Waals surface area (Å²) in [6.45, 7) is 6.46. The number of carbonyl (C=O) groups excluding carboxylic acids is 3. The minimum Gasteiger partial charge on any atom is -0.462 e. The van der Waals surface area contributed by atoms with Crippen LogP contribution in [0.5, 0.6) is 0 Å². The third kappa shape index (κ3) is 56.9. The molecule has 0 bridgehead atoms. The molecule has 0 rings (SSSR count). The number of hydrogen-bond donors (Lipinski definition) is 0. The van der Waals surface area contributed by atoms with Gasteiger partial charge < -0.3 is 14.2 Å². The SMILES string of the molecule is CC/C=C\C/C=C\C/C=C\C/C=C\C/C=C\C/C=C\C/C=C\C/C=C\CCCCCCCCC(=O)OCC(COC(=O)CCCCCCCCCC)OC(=O)CCCCCCC/C=C\CCCCCCC. The summed E-state index contributed by atoms with van der Waals surface area (Å²) in [5, 5.41) is 0. The van der Waals surface area contributed by atoms with Crippen molar-refractivity contribution in [3.05, 3.63) is 109 Å². The van der Waals surface area contributed by atoms with Gasteiger partial charge in [-0.15, -0.1) is 0 Å². The Bertz CT molecular complexity index is 1460. The Morgan fingerprint density at radius 1 is 0.296 bits per heavy atom. The highest BCUT2D eigenvalue weighted by Gasteiger charge is 2.19. The van der Waals surface area contributed by atoms with Gasteiger partial charge >= 0.3 is 17.9 Å². The molecule has 0 spiro atoms. The second kappa shape index (κ2) is 58.6. The van der Waals surface area contributed by atoms with Crippen molar-refractivity contribution in [2.24, 2.45) is 0 Å². The van der Waals surface area contributed by atoms with Gasteiger partial charge in [-0.2, -0.15) is 0 Å². The summed E-state index contributed by atoms with van der Waals surface area (Å²) in [4.78, 5) is 38.0. The lowest BCUT2D eigenvalue weighted by Crippen LogP contribution is -2.30. The van der Waals surface area contributed by atoms with E-state index < -0.39 is 6.10 Å². The van der Waals surface area contributed by atoms with Crippen LogP contribution in [0.15, 0.2) is 109 Å². The van der Waals surface area contributed by atoms with E-state index >= 15 is 0 Å². The average molecular weight is 986 g/mol. The standard InChI is InChI=1S/C65H108O6/c1-4-7-10-13-16-19-21-23-25-26-27-28-29-30-31-32-33-34-35-36-37-38-39-40-41-43-44-46-49-52-55-58-64(67)70-61-62(60-69-63(66)57-54-51-48-18-15-12-9-6-3)71-65(68)59-56-53-50-47-45-42-24-22-20-17-14-11-8-5-2/h7,10,16,19,22-25,27-28,30-31,33-34,36-37,39-40,62H,4-6,8-9,11-15,17-18,20-21,26,29,32,35,38,41-61H2,1-3H3/b10-7-,19-16-,24-22-,25-23-,28-27-,31-30-,34-33-,37-36-,40-39-. The van der Waals surface area contributed by atoms with Crippen molar-refractivity contribution in [3.8, 4) is 0 Å². The minimum atomic E-state index is -0.786. The van der Waals surface area contributed by atoms with Crippen LogP contribution in [0, 0.1) is 0 Å². The van der Waals surface area contributed by atoms with Crippen molar-refractivity contribution < 1.29 is 28.6 Å². The first-order chi connectivity index (χ1) is 35.0. The van der Waals surface area contributed by atoms with Crippen LogP contribution in [0.2, 0.25) is 0 Å². The third-order valence-electron chi connectivity index (χ3n) is 12.3. The van der Waals surface area contributed by atoms with Crippen LogP contribution in [0.1, 0.15) is 265 Å². The molecule has 0 aliphatic carbocycles. The van der Waals surface area contributed by atoms with E-state index in [0.29, 0.717) is 19.3 Å². The van der Waals surface area contributed by atoms with Crippen LogP contribution in [0.25, 0.3) is 0 Å². The summed E-state index contributed by atoms with van der Waals surface area (Å²) in [6, 6.07) is 0. The van der Waals surface area contributed by atoms with E-state index in [0.717, 1.165) is 135 Å². The number of rotatable bonds is 52. The van der Waals surface area contributed by atoms with E-state index in [9.17, 15) is 14.4 Å². The van der Waals surface area contributed by atoms with E-state index in [1.807, 2.05) is 0 Å². The van der Waals surface area contributed by atoms with E-state index in [4.69, 9.17) is 14.2 Å². The molecule has 0 aromatic heterocycles. The smallest absolute Gasteiger partial charge is 0.306 e. The molecule has 0 saturated carbocycles. The summed E-state index contributed by atoms with van der Waals surface area (Å²) in [5.74, 6) is -0.913. The Labute approximate surface area is 438 Å². The van der Waals surface area contributed by atoms with Gasteiger partial charge in [0.15, 0.2) is 6.10 Å². The Morgan fingerprint density at radius 2 is 0.549 bits per heavy atom. The summed E-state index contributed by atoms with van der Waals surface area (Å²) < 4.78 is 16.8. The largest absolute Gasteiger partial charge is 0.462 e. The Hall–Kier alpha value is -3.93. The van der Waals surface area contributed by atoms with Gasteiger partial charge in [-0.05, 0) is 109 Å². The first-order valence-corrected chi connectivity index (χ1v) is 29.4. The second-order valence-electron chi connectivity index (χ2n) is 19.2. The number of allylic oxidation sites excluding steroid dienone is 18. The summed E-state index contributed by atoms with van der Waals surface area (Å²) in [6.07, 6.45) is 79.5. The van der Waals surface area contributed by atoms with Crippen molar-refractivity contribution in [2.45, 2.75) is 271 Å². The lowest BCUT2D eigenvalue weighted by atomic mass is 10.1. The monoisotopic (exact) mass is 985 g/mol. The maximum atomic E-state index is 12.8. The van der Waals surface area contributed by atoms with Gasteiger partial charge in [-0.25, -0.2) is 0 Å². The fourth-order valence-corrected chi connectivity index (χ4v) is 7.86. The molecule has 0 aliphatic rings. The zero-order valence-corrected chi connectivity index (χ0v) is 46.2. The second-order valence-corrected chi connectivity index (χ2v) is 19.2. The van der Waals surface area contributed by atoms with Crippen LogP contribution in [0.4, 0.5) is 0 Å². The molecular formula is C65H108O6. The van der Waals surface area contributed by atoms with Gasteiger partial charge in [0.05, 0.1) is 0 Å². The number of esters is 3. The van der Waals surface area contributed by atoms with Crippen LogP contribution < -0.4 is 0 Å². The fraction of sp³-hybridized carbons (Fsp3) is 0.677. The molecule has 6 nitrogen and oxygen atoms in total. The highest BCUT2D eigenvalue weighted by Crippen LogP contribution is 2.14. The van der Waals surface area contributed by atoms with Gasteiger partial charge in [0.1, 0.15) is 13.2 Å². The van der Waals surface area contributed by atoms with Crippen LogP contribution in [-0.2, 0) is 28.6 Å². The lowest BCUT2D eigenvalue weighted by Gasteiger charge is -2.18. The van der Waals surface area contributed by atoms with Crippen LogP contribution >= 0.6 is 0 Å². The highest BCUT2D eigenvalue weighted by atomic mass is 16.6. The molecular weight excluding hydrogens is 877 g/mol. The highest BCUT2D eigenvalue weighted by molar-refractivity contribution is 5.71. The summed E-state index contributed by atoms with van der Waals surface area (Å²) >= 11 is 0. The first kappa shape index (κ1) is 67.1. The molecule has 0 amide bonds. The Balaban J connectivity index is 4.21. The van der Waals surface area contributed by atoms with Crippen molar-refractivity contribution in [1.29, 1.82) is 0 Å². The molecule has 0 N–H and O–H groups in total. The van der Waals surface area contributed by atoms with Crippen molar-refractivity contribution in [1.82, 2.24) is 0 Å². The minimum absolute atomic E-state index is 0.0852. The van der Waals surface area contributed by atoms with Gasteiger partial charge in [0.25, 0.3) is 0 Å². The molecule has 0 radical (unpaired) electrons. The molecule has 0 heterocycles. The predicted molar refractivity (Wildman–Crippen MR) is 307 cm³/mol. The first-order valence-electron chi connectivity index (χ1n) is 29.4. The zero-order valence-electron chi connectivity index (χ0n) is 46.2. The topological polar surface area (TPSA) is 78.9 Å². The van der Waals surface area contributed by atoms with E-state index in [1.54, 1.807) is 0 Å². The van der Waals surface area contributed by atoms with Crippen molar-refractivity contribution in [3.63, 3.8) is 0 Å². The van der Waals surface area contributed by atoms with Gasteiger partial charge in [-0.1, -0.05) is 246 Å². The fourth-order valence-electron chi connectivity index (χ4n) is 7.86. The molecule has 1 atom stereocenters. The number of ether oxygens (including phenoxy) is 3. The molecule has 0 aliphatic heterocycles. The zero-order chi connectivity index (χ0) is 51.4. The molecule has 1 unspecified atom stereocenters.